The van der Waals surface area contributed by atoms with Crippen molar-refractivity contribution < 1.29 is 0 Å². The van der Waals surface area contributed by atoms with Crippen LogP contribution in [0.25, 0.3) is 0 Å². The van der Waals surface area contributed by atoms with Gasteiger partial charge in [0.05, 0.1) is 6.67 Å². The quantitative estimate of drug-likeness (QED) is 0.276. The van der Waals surface area contributed by atoms with E-state index in [-0.39, 0.29) is 0 Å². The molecule has 0 radical (unpaired) electrons. The summed E-state index contributed by atoms with van der Waals surface area (Å²) in [6.07, 6.45) is 33.1. The zero-order valence-electron chi connectivity index (χ0n) is 55.0. The standard InChI is InChI=1S/2C9H18.C8H16.C7H15N.C7H14.C6H13N3.C6H12.7C2H6/c2*1-8(2)9-6-4-3-5-7-9;2*1-7(2)8-5-3-4-6-8;1-6(2)7-4-3-5-7;1-6(2)9-5-7-3-4-8-9;1-5(2)6-3-4-6;7*1-2/h2*8-9H,3-7H2,1-2H3;7-8H,3-6H2,1-2H3;7H,3-6H2,1-2H3;6-7H,3-5H2,1-2H3;4,6-7H,3,5H2,1-2H3;5-6H,3-4H2,1-2H3;7*1-2H3. The van der Waals surface area contributed by atoms with Crippen LogP contribution in [0.5, 0.6) is 0 Å². The molecule has 432 valence electrons. The molecule has 6 fully saturated rings. The van der Waals surface area contributed by atoms with Crippen LogP contribution in [0.4, 0.5) is 0 Å². The number of nitrogens with one attached hydrogen (secondary N) is 1. The summed E-state index contributed by atoms with van der Waals surface area (Å²) in [5.41, 5.74) is 0. The molecule has 2 heterocycles. The second-order valence-corrected chi connectivity index (χ2v) is 21.4. The van der Waals surface area contributed by atoms with Crippen molar-refractivity contribution in [3.63, 3.8) is 0 Å². The largest absolute Gasteiger partial charge is 0.301 e. The van der Waals surface area contributed by atoms with Crippen LogP contribution < -0.4 is 5.32 Å². The third-order valence-electron chi connectivity index (χ3n) is 14.4. The number of likely N-dealkylation sites (tertiary alicyclic amines) is 1. The Kier molecular flexibility index (Phi) is 76.8. The van der Waals surface area contributed by atoms with Crippen LogP contribution in [-0.2, 0) is 0 Å². The molecule has 0 amide bonds. The minimum absolute atomic E-state index is 0.508. The van der Waals surface area contributed by atoms with E-state index >= 15 is 0 Å². The van der Waals surface area contributed by atoms with Crippen LogP contribution in [0.2, 0.25) is 0 Å². The van der Waals surface area contributed by atoms with Gasteiger partial charge in [0, 0.05) is 24.8 Å². The summed E-state index contributed by atoms with van der Waals surface area (Å²) >= 11 is 0. The third-order valence-corrected chi connectivity index (χ3v) is 14.4. The fourth-order valence-electron chi connectivity index (χ4n) is 9.10. The first-order valence-corrected chi connectivity index (χ1v) is 32.4. The number of hydrogen-bond donors (Lipinski definition) is 1. The Morgan fingerprint density at radius 1 is 0.329 bits per heavy atom. The molecule has 1 saturated heterocycles. The molecule has 4 nitrogen and oxygen atoms in total. The second kappa shape index (κ2) is 64.5. The lowest BCUT2D eigenvalue weighted by molar-refractivity contribution is 0.210. The predicted molar refractivity (Wildman–Crippen MR) is 333 cm³/mol. The summed E-state index contributed by atoms with van der Waals surface area (Å²) in [6, 6.07) is 1.28. The number of hydrogen-bond acceptors (Lipinski definition) is 4. The van der Waals surface area contributed by atoms with Crippen molar-refractivity contribution in [2.24, 2.45) is 64.3 Å². The molecule has 2 aliphatic heterocycles. The number of nitrogens with zero attached hydrogens (tertiary/aromatic N) is 3. The van der Waals surface area contributed by atoms with Gasteiger partial charge in [-0.15, -0.1) is 0 Å². The Labute approximate surface area is 450 Å². The first-order valence-electron chi connectivity index (χ1n) is 32.4. The molecule has 7 rings (SSSR count). The maximum Gasteiger partial charge on any atom is 0.0860 e. The van der Waals surface area contributed by atoms with Crippen molar-refractivity contribution in [3.05, 3.63) is 0 Å². The van der Waals surface area contributed by atoms with Crippen LogP contribution in [0, 0.1) is 59.2 Å². The average molecular weight is 998 g/mol. The molecule has 5 aliphatic carbocycles. The number of hydrazone groups is 1. The Bertz CT molecular complexity index is 834. The minimum Gasteiger partial charge on any atom is -0.301 e. The highest BCUT2D eigenvalue weighted by atomic mass is 15.5. The van der Waals surface area contributed by atoms with Gasteiger partial charge >= 0.3 is 0 Å². The van der Waals surface area contributed by atoms with Crippen LogP contribution in [0.15, 0.2) is 5.10 Å². The lowest BCUT2D eigenvalue weighted by Gasteiger charge is -2.28. The van der Waals surface area contributed by atoms with E-state index < -0.39 is 0 Å². The van der Waals surface area contributed by atoms with Gasteiger partial charge in [-0.05, 0) is 126 Å². The SMILES string of the molecule is CC.CC.CC.CC.CC.CC.CC.CC(C)C1CC1.CC(C)C1CCC1.CC(C)C1CCCC1.CC(C)C1CCCCC1.CC(C)C1CCCCC1.CC(C)N1CCCC1.CC(C)N1CNCC=N1. The molecule has 4 heteroatoms. The van der Waals surface area contributed by atoms with Crippen LogP contribution in [-0.4, -0.2) is 54.5 Å². The maximum atomic E-state index is 4.17. The van der Waals surface area contributed by atoms with Crippen LogP contribution in [0.3, 0.4) is 0 Å². The smallest absolute Gasteiger partial charge is 0.0860 e. The average Bonchev–Trinajstić information content (AvgIpc) is 3.80. The van der Waals surface area contributed by atoms with Gasteiger partial charge in [0.25, 0.3) is 0 Å². The van der Waals surface area contributed by atoms with Gasteiger partial charge in [-0.25, -0.2) is 0 Å². The second-order valence-electron chi connectivity index (χ2n) is 21.4. The third kappa shape index (κ3) is 53.7. The molecular formula is C66H148N4. The summed E-state index contributed by atoms with van der Waals surface area (Å²) in [4.78, 5) is 2.53. The van der Waals surface area contributed by atoms with Crippen molar-refractivity contribution in [1.82, 2.24) is 15.2 Å². The van der Waals surface area contributed by atoms with E-state index in [1.807, 2.05) is 108 Å². The Morgan fingerprint density at radius 3 is 0.714 bits per heavy atom. The lowest BCUT2D eigenvalue weighted by Crippen LogP contribution is -2.39. The summed E-state index contributed by atoms with van der Waals surface area (Å²) < 4.78 is 0. The van der Waals surface area contributed by atoms with Gasteiger partial charge in [0.1, 0.15) is 0 Å². The van der Waals surface area contributed by atoms with E-state index in [4.69, 9.17) is 0 Å². The van der Waals surface area contributed by atoms with Gasteiger partial charge < -0.3 is 4.90 Å². The van der Waals surface area contributed by atoms with Crippen LogP contribution >= 0.6 is 0 Å². The highest BCUT2D eigenvalue weighted by molar-refractivity contribution is 5.59. The molecule has 0 aromatic heterocycles. The minimum atomic E-state index is 0.508. The Hall–Kier alpha value is -0.610. The molecule has 0 spiro atoms. The molecular weight excluding hydrogens is 849 g/mol. The summed E-state index contributed by atoms with van der Waals surface area (Å²) in [7, 11) is 0. The molecule has 1 N–H and O–H groups in total. The normalized spacial score (nSPS) is 18.4. The first-order chi connectivity index (χ1) is 33.6. The van der Waals surface area contributed by atoms with E-state index in [0.29, 0.717) is 6.04 Å². The monoisotopic (exact) mass is 997 g/mol. The number of rotatable bonds is 7. The fourth-order valence-corrected chi connectivity index (χ4v) is 9.10. The van der Waals surface area contributed by atoms with Gasteiger partial charge in [-0.1, -0.05) is 275 Å². The molecule has 5 saturated carbocycles. The van der Waals surface area contributed by atoms with E-state index in [1.165, 1.54) is 148 Å². The van der Waals surface area contributed by atoms with Crippen molar-refractivity contribution in [3.8, 4) is 0 Å². The van der Waals surface area contributed by atoms with Crippen LogP contribution in [0.1, 0.15) is 329 Å². The topological polar surface area (TPSA) is 30.9 Å². The Balaban J connectivity index is -0.000000127. The lowest BCUT2D eigenvalue weighted by atomic mass is 9.78. The Morgan fingerprint density at radius 2 is 0.586 bits per heavy atom. The van der Waals surface area contributed by atoms with Gasteiger partial charge in [0.2, 0.25) is 0 Å². The molecule has 0 atom stereocenters. The molecule has 0 aromatic carbocycles. The predicted octanol–water partition coefficient (Wildman–Crippen LogP) is 22.7. The highest BCUT2D eigenvalue weighted by Crippen LogP contribution is 2.36. The molecule has 7 aliphatic rings. The maximum absolute atomic E-state index is 4.17. The van der Waals surface area contributed by atoms with E-state index in [9.17, 15) is 0 Å². The summed E-state index contributed by atoms with van der Waals surface area (Å²) in [6.45, 7) is 64.6. The molecule has 0 bridgehead atoms. The zero-order valence-corrected chi connectivity index (χ0v) is 55.0. The summed E-state index contributed by atoms with van der Waals surface area (Å²) in [5, 5.41) is 9.38. The van der Waals surface area contributed by atoms with Crippen molar-refractivity contribution >= 4 is 6.21 Å². The van der Waals surface area contributed by atoms with Crippen molar-refractivity contribution in [1.29, 1.82) is 0 Å². The summed E-state index contributed by atoms with van der Waals surface area (Å²) in [5.74, 6) is 10.1. The van der Waals surface area contributed by atoms with Gasteiger partial charge in [0.15, 0.2) is 0 Å². The highest BCUT2D eigenvalue weighted by Gasteiger charge is 2.24. The molecule has 0 aromatic rings. The van der Waals surface area contributed by atoms with E-state index in [2.05, 4.69) is 112 Å². The zero-order chi connectivity index (χ0) is 55.9. The fraction of sp³-hybridized carbons (Fsp3) is 0.985. The van der Waals surface area contributed by atoms with Crippen molar-refractivity contribution in [2.45, 2.75) is 341 Å². The first kappa shape index (κ1) is 83.4. The van der Waals surface area contributed by atoms with Crippen molar-refractivity contribution in [2.75, 3.05) is 26.3 Å². The van der Waals surface area contributed by atoms with E-state index in [1.54, 1.807) is 0 Å². The molecule has 0 unspecified atom stereocenters. The van der Waals surface area contributed by atoms with E-state index in [0.717, 1.165) is 78.4 Å². The molecule has 70 heavy (non-hydrogen) atoms. The van der Waals surface area contributed by atoms with Gasteiger partial charge in [-0.2, -0.15) is 5.10 Å². The van der Waals surface area contributed by atoms with Gasteiger partial charge in [-0.3, -0.25) is 10.3 Å².